The summed E-state index contributed by atoms with van der Waals surface area (Å²) in [6.07, 6.45) is 4.30. The fraction of sp³-hybridized carbons (Fsp3) is 0.667. The van der Waals surface area contributed by atoms with Crippen molar-refractivity contribution in [3.63, 3.8) is 0 Å². The molecule has 0 saturated carbocycles. The third kappa shape index (κ3) is 5.17. The van der Waals surface area contributed by atoms with Crippen molar-refractivity contribution in [3.8, 4) is 0 Å². The van der Waals surface area contributed by atoms with E-state index < -0.39 is 0 Å². The van der Waals surface area contributed by atoms with Crippen molar-refractivity contribution in [2.45, 2.75) is 33.1 Å². The van der Waals surface area contributed by atoms with E-state index in [0.29, 0.717) is 0 Å². The van der Waals surface area contributed by atoms with Gasteiger partial charge >= 0.3 is 0 Å². The lowest BCUT2D eigenvalue weighted by Crippen LogP contribution is -2.21. The van der Waals surface area contributed by atoms with Crippen molar-refractivity contribution < 1.29 is 4.74 Å². The second-order valence-electron chi connectivity index (χ2n) is 6.02. The molecule has 0 aromatic carbocycles. The first kappa shape index (κ1) is 15.9. The first-order valence-corrected chi connectivity index (χ1v) is 6.75. The van der Waals surface area contributed by atoms with Crippen molar-refractivity contribution in [3.05, 3.63) is 23.0 Å². The van der Waals surface area contributed by atoms with E-state index in [2.05, 4.69) is 50.4 Å². The van der Waals surface area contributed by atoms with Crippen LogP contribution in [0.25, 0.3) is 6.08 Å². The number of nitrogens with zero attached hydrogens (tertiary/aromatic N) is 2. The standard InChI is InChI=1S/C15H27N3O/c1-12(10-16-7-8-19-6)9-13-11-18(5)17-14(13)15(2,3)4/h9,11,16H,7-8,10H2,1-6H3. The number of aromatic nitrogens is 2. The van der Waals surface area contributed by atoms with E-state index in [1.165, 1.54) is 11.1 Å². The molecule has 1 aromatic heterocycles. The molecule has 0 radical (unpaired) electrons. The fourth-order valence-corrected chi connectivity index (χ4v) is 1.97. The molecule has 108 valence electrons. The van der Waals surface area contributed by atoms with Crippen LogP contribution in [-0.4, -0.2) is 36.6 Å². The molecule has 4 heteroatoms. The van der Waals surface area contributed by atoms with Crippen LogP contribution in [-0.2, 0) is 17.2 Å². The highest BCUT2D eigenvalue weighted by Crippen LogP contribution is 2.25. The van der Waals surface area contributed by atoms with Gasteiger partial charge < -0.3 is 10.1 Å². The van der Waals surface area contributed by atoms with Gasteiger partial charge in [0.1, 0.15) is 0 Å². The zero-order chi connectivity index (χ0) is 14.5. The highest BCUT2D eigenvalue weighted by molar-refractivity contribution is 5.55. The van der Waals surface area contributed by atoms with Gasteiger partial charge in [0, 0.05) is 44.4 Å². The first-order valence-electron chi connectivity index (χ1n) is 6.75. The molecule has 0 amide bonds. The molecule has 1 aromatic rings. The third-order valence-corrected chi connectivity index (χ3v) is 2.86. The van der Waals surface area contributed by atoms with Gasteiger partial charge in [-0.25, -0.2) is 0 Å². The van der Waals surface area contributed by atoms with Gasteiger partial charge in [-0.05, 0) is 6.92 Å². The molecule has 4 nitrogen and oxygen atoms in total. The predicted molar refractivity (Wildman–Crippen MR) is 80.3 cm³/mol. The largest absolute Gasteiger partial charge is 0.383 e. The molecule has 1 N–H and O–H groups in total. The number of aryl methyl sites for hydroxylation is 1. The lowest BCUT2D eigenvalue weighted by molar-refractivity contribution is 0.200. The minimum atomic E-state index is 0.0663. The van der Waals surface area contributed by atoms with E-state index in [1.54, 1.807) is 7.11 Å². The predicted octanol–water partition coefficient (Wildman–Crippen LogP) is 2.36. The zero-order valence-corrected chi connectivity index (χ0v) is 13.1. The number of hydrogen-bond acceptors (Lipinski definition) is 3. The topological polar surface area (TPSA) is 39.1 Å². The van der Waals surface area contributed by atoms with Gasteiger partial charge in [-0.2, -0.15) is 5.10 Å². The Kier molecular flexibility index (Phi) is 5.76. The third-order valence-electron chi connectivity index (χ3n) is 2.86. The van der Waals surface area contributed by atoms with Crippen LogP contribution in [0.3, 0.4) is 0 Å². The Morgan fingerprint density at radius 3 is 2.74 bits per heavy atom. The Bertz CT molecular complexity index is 427. The molecule has 1 heterocycles. The summed E-state index contributed by atoms with van der Waals surface area (Å²) in [4.78, 5) is 0. The van der Waals surface area contributed by atoms with Crippen LogP contribution in [0.4, 0.5) is 0 Å². The van der Waals surface area contributed by atoms with Crippen LogP contribution >= 0.6 is 0 Å². The first-order chi connectivity index (χ1) is 8.84. The maximum absolute atomic E-state index is 5.01. The van der Waals surface area contributed by atoms with Gasteiger partial charge in [-0.1, -0.05) is 32.4 Å². The zero-order valence-electron chi connectivity index (χ0n) is 13.1. The molecule has 0 fully saturated rings. The van der Waals surface area contributed by atoms with E-state index >= 15 is 0 Å². The number of hydrogen-bond donors (Lipinski definition) is 1. The number of methoxy groups -OCH3 is 1. The van der Waals surface area contributed by atoms with E-state index in [4.69, 9.17) is 4.74 Å². The maximum Gasteiger partial charge on any atom is 0.0750 e. The SMILES string of the molecule is COCCNCC(C)=Cc1cn(C)nc1C(C)(C)C. The number of rotatable bonds is 6. The van der Waals surface area contributed by atoms with Crippen LogP contribution < -0.4 is 5.32 Å². The molecule has 0 unspecified atom stereocenters. The average Bonchev–Trinajstić information content (AvgIpc) is 2.65. The fourth-order valence-electron chi connectivity index (χ4n) is 1.97. The van der Waals surface area contributed by atoms with Crippen molar-refractivity contribution in [2.75, 3.05) is 26.8 Å². The second-order valence-corrected chi connectivity index (χ2v) is 6.02. The Morgan fingerprint density at radius 2 is 2.16 bits per heavy atom. The minimum Gasteiger partial charge on any atom is -0.383 e. The normalized spacial score (nSPS) is 13.1. The molecule has 0 bridgehead atoms. The molecule has 1 rings (SSSR count). The molecular weight excluding hydrogens is 238 g/mol. The molecule has 0 atom stereocenters. The van der Waals surface area contributed by atoms with Crippen LogP contribution in [0.1, 0.15) is 39.0 Å². The summed E-state index contributed by atoms with van der Waals surface area (Å²) < 4.78 is 6.90. The summed E-state index contributed by atoms with van der Waals surface area (Å²) in [5, 5.41) is 7.93. The summed E-state index contributed by atoms with van der Waals surface area (Å²) in [5.41, 5.74) is 3.72. The smallest absolute Gasteiger partial charge is 0.0750 e. The van der Waals surface area contributed by atoms with Gasteiger partial charge in [-0.3, -0.25) is 4.68 Å². The molecule has 0 aliphatic heterocycles. The summed E-state index contributed by atoms with van der Waals surface area (Å²) in [6.45, 7) is 11.2. The quantitative estimate of drug-likeness (QED) is 0.803. The van der Waals surface area contributed by atoms with Crippen molar-refractivity contribution in [1.82, 2.24) is 15.1 Å². The summed E-state index contributed by atoms with van der Waals surface area (Å²) in [5.74, 6) is 0. The van der Waals surface area contributed by atoms with Gasteiger partial charge in [0.2, 0.25) is 0 Å². The summed E-state index contributed by atoms with van der Waals surface area (Å²) >= 11 is 0. The Labute approximate surface area is 116 Å². The Balaban J connectivity index is 2.75. The molecule has 0 aliphatic rings. The lowest BCUT2D eigenvalue weighted by atomic mass is 9.89. The van der Waals surface area contributed by atoms with Crippen LogP contribution in [0, 0.1) is 0 Å². The maximum atomic E-state index is 5.01. The van der Waals surface area contributed by atoms with Crippen LogP contribution in [0.5, 0.6) is 0 Å². The van der Waals surface area contributed by atoms with Gasteiger partial charge in [0.15, 0.2) is 0 Å². The summed E-state index contributed by atoms with van der Waals surface area (Å²) in [7, 11) is 3.69. The summed E-state index contributed by atoms with van der Waals surface area (Å²) in [6, 6.07) is 0. The monoisotopic (exact) mass is 265 g/mol. The van der Waals surface area contributed by atoms with Crippen molar-refractivity contribution >= 4 is 6.08 Å². The Hall–Kier alpha value is -1.13. The molecule has 0 aliphatic carbocycles. The number of nitrogens with one attached hydrogen (secondary N) is 1. The molecule has 0 saturated heterocycles. The number of ether oxygens (including phenoxy) is 1. The van der Waals surface area contributed by atoms with Gasteiger partial charge in [-0.15, -0.1) is 0 Å². The Morgan fingerprint density at radius 1 is 1.47 bits per heavy atom. The van der Waals surface area contributed by atoms with Gasteiger partial charge in [0.25, 0.3) is 0 Å². The van der Waals surface area contributed by atoms with Crippen LogP contribution in [0.15, 0.2) is 11.8 Å². The minimum absolute atomic E-state index is 0.0663. The highest BCUT2D eigenvalue weighted by Gasteiger charge is 2.20. The van der Waals surface area contributed by atoms with Crippen molar-refractivity contribution in [1.29, 1.82) is 0 Å². The van der Waals surface area contributed by atoms with Gasteiger partial charge in [0.05, 0.1) is 12.3 Å². The lowest BCUT2D eigenvalue weighted by Gasteiger charge is -2.16. The molecule has 19 heavy (non-hydrogen) atoms. The second kappa shape index (κ2) is 6.87. The average molecular weight is 265 g/mol. The highest BCUT2D eigenvalue weighted by atomic mass is 16.5. The van der Waals surface area contributed by atoms with E-state index in [0.717, 1.165) is 25.4 Å². The van der Waals surface area contributed by atoms with E-state index in [9.17, 15) is 0 Å². The van der Waals surface area contributed by atoms with E-state index in [1.807, 2.05) is 11.7 Å². The molecule has 0 spiro atoms. The molecular formula is C15H27N3O. The van der Waals surface area contributed by atoms with Crippen molar-refractivity contribution in [2.24, 2.45) is 7.05 Å². The van der Waals surface area contributed by atoms with E-state index in [-0.39, 0.29) is 5.41 Å². The van der Waals surface area contributed by atoms with Crippen LogP contribution in [0.2, 0.25) is 0 Å².